The third-order valence-corrected chi connectivity index (χ3v) is 0.324. The maximum atomic E-state index is 9.78. The van der Waals surface area contributed by atoms with E-state index in [0.29, 0.717) is 0 Å². The van der Waals surface area contributed by atoms with E-state index in [9.17, 15) is 5.21 Å². The van der Waals surface area contributed by atoms with E-state index in [2.05, 4.69) is 4.94 Å². The van der Waals surface area contributed by atoms with Gasteiger partial charge >= 0.3 is 0 Å². The molecular weight excluding hydrogens is 102 g/mol. The number of quaternary nitrogens is 1. The van der Waals surface area contributed by atoms with Gasteiger partial charge in [-0.05, 0) is 0 Å². The van der Waals surface area contributed by atoms with Gasteiger partial charge in [0.25, 0.3) is 0 Å². The van der Waals surface area contributed by atoms with Gasteiger partial charge in [-0.1, -0.05) is 5.34 Å². The quantitative estimate of drug-likeness (QED) is 0.326. The molecule has 0 rings (SSSR count). The van der Waals surface area contributed by atoms with Crippen LogP contribution in [0.2, 0.25) is 0 Å². The molecular formula is CH5N3O3. The van der Waals surface area contributed by atoms with Gasteiger partial charge in [0.05, 0.1) is 0 Å². The lowest BCUT2D eigenvalue weighted by molar-refractivity contribution is -1.09. The normalized spacial score (nSPS) is 12.9. The molecule has 1 unspecified atom stereocenters. The molecule has 2 N–H and O–H groups in total. The average Bonchev–Trinajstić information content (AvgIpc) is 1.68. The summed E-state index contributed by atoms with van der Waals surface area (Å²) >= 11 is 0. The molecule has 0 saturated heterocycles. The third-order valence-electron chi connectivity index (χ3n) is 0.324. The van der Waals surface area contributed by atoms with E-state index in [1.54, 1.807) is 0 Å². The second-order valence-corrected chi connectivity index (χ2v) is 0.703. The van der Waals surface area contributed by atoms with Crippen molar-refractivity contribution in [2.24, 2.45) is 5.34 Å². The van der Waals surface area contributed by atoms with Gasteiger partial charge in [-0.15, -0.1) is 15.3 Å². The van der Waals surface area contributed by atoms with Gasteiger partial charge in [-0.3, -0.25) is 0 Å². The lowest BCUT2D eigenvalue weighted by Crippen LogP contribution is -3.12. The Bertz CT molecular complexity index is 56.1. The zero-order valence-corrected chi connectivity index (χ0v) is 3.67. The van der Waals surface area contributed by atoms with E-state index in [1.165, 1.54) is 7.05 Å². The summed E-state index contributed by atoms with van der Waals surface area (Å²) in [5.74, 6) is 0. The molecule has 0 aliphatic heterocycles. The zero-order chi connectivity index (χ0) is 5.70. The summed E-state index contributed by atoms with van der Waals surface area (Å²) in [5.41, 5.74) is 2.01. The van der Waals surface area contributed by atoms with Crippen molar-refractivity contribution in [3.63, 3.8) is 0 Å². The van der Waals surface area contributed by atoms with Gasteiger partial charge in [-0.25, -0.2) is 0 Å². The largest absolute Gasteiger partial charge is 0.568 e. The fraction of sp³-hybridized carbons (Fsp3) is 1.00. The van der Waals surface area contributed by atoms with Crippen molar-refractivity contribution >= 4 is 0 Å². The highest BCUT2D eigenvalue weighted by molar-refractivity contribution is 3.92. The predicted octanol–water partition coefficient (Wildman–Crippen LogP) is -1.88. The molecule has 6 nitrogen and oxygen atoms in total. The Kier molecular flexibility index (Phi) is 3.11. The summed E-state index contributed by atoms with van der Waals surface area (Å²) in [6.45, 7) is 0. The van der Waals surface area contributed by atoms with Crippen LogP contribution < -0.4 is 10.8 Å². The molecule has 0 aliphatic rings. The van der Waals surface area contributed by atoms with Crippen molar-refractivity contribution in [1.29, 1.82) is 0 Å². The first-order valence-electron chi connectivity index (χ1n) is 1.52. The van der Waals surface area contributed by atoms with E-state index in [0.717, 1.165) is 0 Å². The molecule has 0 radical (unpaired) electrons. The van der Waals surface area contributed by atoms with Crippen molar-refractivity contribution in [3.05, 3.63) is 10.1 Å². The maximum Gasteiger partial charge on any atom is 0.215 e. The molecule has 1 atom stereocenters. The lowest BCUT2D eigenvalue weighted by Gasteiger charge is -2.09. The van der Waals surface area contributed by atoms with Gasteiger partial charge in [-0.2, -0.15) is 0 Å². The Balaban J connectivity index is 2.98. The van der Waals surface area contributed by atoms with Crippen LogP contribution in [0.4, 0.5) is 0 Å². The van der Waals surface area contributed by atoms with Crippen molar-refractivity contribution in [2.45, 2.75) is 0 Å². The van der Waals surface area contributed by atoms with Crippen molar-refractivity contribution in [1.82, 2.24) is 5.43 Å². The predicted molar refractivity (Wildman–Crippen MR) is 20.3 cm³/mol. The smallest absolute Gasteiger partial charge is 0.215 e. The van der Waals surface area contributed by atoms with E-state index in [4.69, 9.17) is 4.91 Å². The third kappa shape index (κ3) is 3.10. The molecule has 6 heteroatoms. The van der Waals surface area contributed by atoms with Crippen molar-refractivity contribution in [2.75, 3.05) is 7.05 Å². The molecule has 0 aliphatic carbocycles. The second-order valence-electron chi connectivity index (χ2n) is 0.703. The Morgan fingerprint density at radius 1 is 2.00 bits per heavy atom. The summed E-state index contributed by atoms with van der Waals surface area (Å²) in [7, 11) is 1.33. The Hall–Kier alpha value is -0.720. The first-order valence-corrected chi connectivity index (χ1v) is 1.52. The average molecular weight is 107 g/mol. The summed E-state index contributed by atoms with van der Waals surface area (Å²) in [6.07, 6.45) is 0. The van der Waals surface area contributed by atoms with Crippen LogP contribution in [0.5, 0.6) is 0 Å². The highest BCUT2D eigenvalue weighted by Gasteiger charge is 1.85. The van der Waals surface area contributed by atoms with E-state index >= 15 is 0 Å². The zero-order valence-electron chi connectivity index (χ0n) is 3.67. The number of rotatable bonds is 3. The monoisotopic (exact) mass is 107 g/mol. The Labute approximate surface area is 39.5 Å². The van der Waals surface area contributed by atoms with Gasteiger partial charge in [0.1, 0.15) is 0 Å². The highest BCUT2D eigenvalue weighted by atomic mass is 17.0. The van der Waals surface area contributed by atoms with Crippen LogP contribution in [0.25, 0.3) is 0 Å². The molecule has 0 spiro atoms. The first-order chi connectivity index (χ1) is 3.31. The van der Waals surface area contributed by atoms with E-state index < -0.39 is 5.34 Å². The highest BCUT2D eigenvalue weighted by Crippen LogP contribution is 1.47. The topological polar surface area (TPSA) is 78.2 Å². The molecule has 42 valence electrons. The summed E-state index contributed by atoms with van der Waals surface area (Å²) < 4.78 is 0. The minimum absolute atomic E-state index is 0.852. The van der Waals surface area contributed by atoms with Crippen molar-refractivity contribution < 1.29 is 10.3 Å². The van der Waals surface area contributed by atoms with Crippen LogP contribution in [0.1, 0.15) is 0 Å². The molecule has 0 heterocycles. The van der Waals surface area contributed by atoms with Crippen LogP contribution in [0.3, 0.4) is 0 Å². The minimum Gasteiger partial charge on any atom is -0.568 e. The van der Waals surface area contributed by atoms with Gasteiger partial charge in [0.2, 0.25) is 5.34 Å². The van der Waals surface area contributed by atoms with Crippen LogP contribution in [0.15, 0.2) is 5.34 Å². The molecule has 0 bridgehead atoms. The summed E-state index contributed by atoms with van der Waals surface area (Å²) in [4.78, 5) is 12.6. The first kappa shape index (κ1) is 6.28. The van der Waals surface area contributed by atoms with Gasteiger partial charge in [0, 0.05) is 7.05 Å². The fourth-order valence-electron chi connectivity index (χ4n) is 0.0795. The Morgan fingerprint density at radius 3 is 2.71 bits per heavy atom. The molecule has 0 fully saturated rings. The van der Waals surface area contributed by atoms with Crippen LogP contribution in [-0.2, 0) is 4.94 Å². The van der Waals surface area contributed by atoms with E-state index in [1.807, 2.05) is 10.8 Å². The fourth-order valence-corrected chi connectivity index (χ4v) is 0.0795. The van der Waals surface area contributed by atoms with Gasteiger partial charge in [0.15, 0.2) is 0 Å². The standard InChI is InChI=1S/CH5N3O3/c1-2-4(6)7-3-5/h2,4H,1H3. The SMILES string of the molecule is CN[NH+]([O-])ON=O. The number of nitrogens with one attached hydrogen (secondary N) is 2. The van der Waals surface area contributed by atoms with E-state index in [-0.39, 0.29) is 0 Å². The summed E-state index contributed by atoms with van der Waals surface area (Å²) in [6, 6.07) is 0. The Morgan fingerprint density at radius 2 is 2.57 bits per heavy atom. The molecule has 0 aromatic heterocycles. The molecule has 0 aromatic carbocycles. The molecule has 0 aromatic rings. The summed E-state index contributed by atoms with van der Waals surface area (Å²) in [5, 5.41) is 10.8. The lowest BCUT2D eigenvalue weighted by atomic mass is 11.5. The molecule has 0 saturated carbocycles. The van der Waals surface area contributed by atoms with Gasteiger partial charge < -0.3 is 5.21 Å². The maximum absolute atomic E-state index is 9.78. The molecule has 0 amide bonds. The number of nitrogens with zero attached hydrogens (tertiary/aromatic N) is 1. The van der Waals surface area contributed by atoms with Crippen LogP contribution in [-0.4, -0.2) is 7.05 Å². The molecule has 7 heavy (non-hydrogen) atoms. The van der Waals surface area contributed by atoms with Crippen LogP contribution in [0, 0.1) is 10.1 Å². The number of hydrogen-bond donors (Lipinski definition) is 2. The number of hydrogen-bond acceptors (Lipinski definition) is 5. The second kappa shape index (κ2) is 3.47. The van der Waals surface area contributed by atoms with Crippen molar-refractivity contribution in [3.8, 4) is 0 Å². The minimum atomic E-state index is -0.852. The van der Waals surface area contributed by atoms with Crippen LogP contribution >= 0.6 is 0 Å².